The van der Waals surface area contributed by atoms with E-state index in [9.17, 15) is 0 Å². The van der Waals surface area contributed by atoms with E-state index in [-0.39, 0.29) is 6.04 Å². The zero-order chi connectivity index (χ0) is 12.4. The molecule has 2 aromatic heterocycles. The van der Waals surface area contributed by atoms with Gasteiger partial charge < -0.3 is 14.2 Å². The minimum Gasteiger partial charge on any atom is -0.465 e. The third-order valence-corrected chi connectivity index (χ3v) is 4.18. The van der Waals surface area contributed by atoms with Crippen molar-refractivity contribution in [3.8, 4) is 0 Å². The Labute approximate surface area is 117 Å². The molecule has 0 saturated carbocycles. The highest BCUT2D eigenvalue weighted by Crippen LogP contribution is 2.27. The third kappa shape index (κ3) is 3.24. The number of furan rings is 2. The summed E-state index contributed by atoms with van der Waals surface area (Å²) in [5, 5.41) is 3.34. The van der Waals surface area contributed by atoms with Crippen molar-refractivity contribution in [2.45, 2.75) is 26.4 Å². The summed E-state index contributed by atoms with van der Waals surface area (Å²) in [5.74, 6) is 2.74. The fourth-order valence-electron chi connectivity index (χ4n) is 1.52. The average Bonchev–Trinajstić information content (AvgIpc) is 2.83. The zero-order valence-electron chi connectivity index (χ0n) is 9.59. The number of aryl methyl sites for hydroxylation is 1. The van der Waals surface area contributed by atoms with E-state index in [1.165, 1.54) is 0 Å². The van der Waals surface area contributed by atoms with Crippen molar-refractivity contribution in [1.82, 2.24) is 5.32 Å². The molecule has 1 N–H and O–H groups in total. The summed E-state index contributed by atoms with van der Waals surface area (Å²) in [6.45, 7) is 4.66. The van der Waals surface area contributed by atoms with Crippen molar-refractivity contribution in [2.75, 3.05) is 0 Å². The molecular formula is C12H13Br2NO2. The van der Waals surface area contributed by atoms with Crippen LogP contribution in [0, 0.1) is 6.92 Å². The van der Waals surface area contributed by atoms with Gasteiger partial charge in [0.2, 0.25) is 0 Å². The van der Waals surface area contributed by atoms with Crippen molar-refractivity contribution in [2.24, 2.45) is 0 Å². The maximum absolute atomic E-state index is 5.55. The summed E-state index contributed by atoms with van der Waals surface area (Å²) in [4.78, 5) is 0. The minimum absolute atomic E-state index is 0.159. The quantitative estimate of drug-likeness (QED) is 0.866. The van der Waals surface area contributed by atoms with E-state index < -0.39 is 0 Å². The van der Waals surface area contributed by atoms with Crippen LogP contribution in [-0.2, 0) is 6.54 Å². The maximum atomic E-state index is 5.55. The summed E-state index contributed by atoms with van der Waals surface area (Å²) < 4.78 is 12.7. The Hall–Kier alpha value is -0.520. The highest BCUT2D eigenvalue weighted by atomic mass is 79.9. The van der Waals surface area contributed by atoms with Gasteiger partial charge >= 0.3 is 0 Å². The fraction of sp³-hybridized carbons (Fsp3) is 0.333. The lowest BCUT2D eigenvalue weighted by molar-refractivity contribution is 0.394. The van der Waals surface area contributed by atoms with Gasteiger partial charge in [0, 0.05) is 0 Å². The predicted octanol–water partition coefficient (Wildman–Crippen LogP) is 4.56. The van der Waals surface area contributed by atoms with Gasteiger partial charge in [0.05, 0.1) is 17.1 Å². The summed E-state index contributed by atoms with van der Waals surface area (Å²) in [6, 6.07) is 6.05. The summed E-state index contributed by atoms with van der Waals surface area (Å²) >= 11 is 6.70. The largest absolute Gasteiger partial charge is 0.465 e. The lowest BCUT2D eigenvalue weighted by Gasteiger charge is -2.09. The molecule has 0 aliphatic rings. The molecule has 0 amide bonds. The first-order valence-corrected chi connectivity index (χ1v) is 6.88. The Morgan fingerprint density at radius 1 is 1.29 bits per heavy atom. The van der Waals surface area contributed by atoms with Crippen LogP contribution in [-0.4, -0.2) is 0 Å². The van der Waals surface area contributed by atoms with Gasteiger partial charge in [0.25, 0.3) is 0 Å². The first-order valence-electron chi connectivity index (χ1n) is 5.29. The van der Waals surface area contributed by atoms with E-state index in [4.69, 9.17) is 8.83 Å². The Morgan fingerprint density at radius 2 is 2.06 bits per heavy atom. The average molecular weight is 363 g/mol. The molecule has 0 radical (unpaired) electrons. The van der Waals surface area contributed by atoms with Crippen LogP contribution in [0.3, 0.4) is 0 Å². The van der Waals surface area contributed by atoms with Gasteiger partial charge in [0.1, 0.15) is 17.3 Å². The standard InChI is InChI=1S/C12H13Br2NO2/c1-7-3-4-11(16-7)8(2)15-6-9-5-10(13)12(14)17-9/h3-5,8,15H,6H2,1-2H3. The van der Waals surface area contributed by atoms with Crippen molar-refractivity contribution < 1.29 is 8.83 Å². The van der Waals surface area contributed by atoms with Crippen molar-refractivity contribution in [3.63, 3.8) is 0 Å². The molecule has 0 bridgehead atoms. The summed E-state index contributed by atoms with van der Waals surface area (Å²) in [7, 11) is 0. The van der Waals surface area contributed by atoms with Gasteiger partial charge in [-0.25, -0.2) is 0 Å². The van der Waals surface area contributed by atoms with Crippen LogP contribution in [0.5, 0.6) is 0 Å². The molecule has 2 heterocycles. The van der Waals surface area contributed by atoms with Crippen LogP contribution in [0.4, 0.5) is 0 Å². The fourth-order valence-corrected chi connectivity index (χ4v) is 2.18. The summed E-state index contributed by atoms with van der Waals surface area (Å²) in [6.07, 6.45) is 0. The minimum atomic E-state index is 0.159. The first kappa shape index (κ1) is 12.9. The second-order valence-electron chi connectivity index (χ2n) is 3.89. The lowest BCUT2D eigenvalue weighted by Crippen LogP contribution is -2.17. The van der Waals surface area contributed by atoms with Gasteiger partial charge in [0.15, 0.2) is 4.67 Å². The molecule has 0 aliphatic heterocycles. The van der Waals surface area contributed by atoms with Crippen LogP contribution in [0.2, 0.25) is 0 Å². The topological polar surface area (TPSA) is 38.3 Å². The van der Waals surface area contributed by atoms with E-state index in [0.717, 1.165) is 26.4 Å². The SMILES string of the molecule is Cc1ccc(C(C)NCc2cc(Br)c(Br)o2)o1. The molecule has 92 valence electrons. The number of hydrogen-bond donors (Lipinski definition) is 1. The molecule has 0 aliphatic carbocycles. The smallest absolute Gasteiger partial charge is 0.183 e. The Balaban J connectivity index is 1.94. The van der Waals surface area contributed by atoms with Gasteiger partial charge in [-0.15, -0.1) is 0 Å². The molecule has 0 saturated heterocycles. The highest BCUT2D eigenvalue weighted by molar-refractivity contribution is 9.13. The zero-order valence-corrected chi connectivity index (χ0v) is 12.8. The third-order valence-electron chi connectivity index (χ3n) is 2.47. The van der Waals surface area contributed by atoms with E-state index in [1.807, 2.05) is 25.1 Å². The molecule has 0 aromatic carbocycles. The predicted molar refractivity (Wildman–Crippen MR) is 72.8 cm³/mol. The van der Waals surface area contributed by atoms with Gasteiger partial charge in [-0.1, -0.05) is 0 Å². The van der Waals surface area contributed by atoms with E-state index in [1.54, 1.807) is 0 Å². The van der Waals surface area contributed by atoms with Crippen LogP contribution in [0.15, 0.2) is 36.2 Å². The van der Waals surface area contributed by atoms with Gasteiger partial charge in [-0.2, -0.15) is 0 Å². The molecule has 3 nitrogen and oxygen atoms in total. The molecule has 2 rings (SSSR count). The maximum Gasteiger partial charge on any atom is 0.183 e. The normalized spacial score (nSPS) is 12.9. The Morgan fingerprint density at radius 3 is 2.59 bits per heavy atom. The molecule has 17 heavy (non-hydrogen) atoms. The van der Waals surface area contributed by atoms with Crippen LogP contribution >= 0.6 is 31.9 Å². The van der Waals surface area contributed by atoms with E-state index in [0.29, 0.717) is 6.54 Å². The molecular weight excluding hydrogens is 350 g/mol. The van der Waals surface area contributed by atoms with Crippen molar-refractivity contribution >= 4 is 31.9 Å². The monoisotopic (exact) mass is 361 g/mol. The van der Waals surface area contributed by atoms with Crippen LogP contribution < -0.4 is 5.32 Å². The molecule has 1 atom stereocenters. The Bertz CT molecular complexity index is 485. The molecule has 0 fully saturated rings. The number of hydrogen-bond acceptors (Lipinski definition) is 3. The van der Waals surface area contributed by atoms with Crippen LogP contribution in [0.1, 0.15) is 30.2 Å². The number of halogens is 2. The molecule has 1 unspecified atom stereocenters. The van der Waals surface area contributed by atoms with E-state index >= 15 is 0 Å². The van der Waals surface area contributed by atoms with Gasteiger partial charge in [-0.05, 0) is 63.9 Å². The number of rotatable bonds is 4. The number of nitrogens with one attached hydrogen (secondary N) is 1. The van der Waals surface area contributed by atoms with Crippen LogP contribution in [0.25, 0.3) is 0 Å². The van der Waals surface area contributed by atoms with Crippen molar-refractivity contribution in [1.29, 1.82) is 0 Å². The summed E-state index contributed by atoms with van der Waals surface area (Å²) in [5.41, 5.74) is 0. The van der Waals surface area contributed by atoms with Crippen molar-refractivity contribution in [3.05, 3.63) is 44.6 Å². The van der Waals surface area contributed by atoms with Gasteiger partial charge in [-0.3, -0.25) is 0 Å². The lowest BCUT2D eigenvalue weighted by atomic mass is 10.2. The Kier molecular flexibility index (Phi) is 4.12. The first-order chi connectivity index (χ1) is 8.06. The molecule has 5 heteroatoms. The second-order valence-corrected chi connectivity index (χ2v) is 5.46. The van der Waals surface area contributed by atoms with E-state index in [2.05, 4.69) is 44.1 Å². The highest BCUT2D eigenvalue weighted by Gasteiger charge is 2.11. The molecule has 2 aromatic rings. The molecule has 0 spiro atoms. The second kappa shape index (κ2) is 5.42.